The van der Waals surface area contributed by atoms with Crippen LogP contribution < -0.4 is 16.6 Å². The topological polar surface area (TPSA) is 114 Å². The van der Waals surface area contributed by atoms with E-state index in [1.165, 1.54) is 17.7 Å². The Morgan fingerprint density at radius 2 is 1.58 bits per heavy atom. The van der Waals surface area contributed by atoms with Crippen molar-refractivity contribution in [2.75, 3.05) is 19.6 Å². The van der Waals surface area contributed by atoms with Crippen molar-refractivity contribution in [2.45, 2.75) is 45.1 Å². The first kappa shape index (κ1) is 37.1. The van der Waals surface area contributed by atoms with E-state index in [0.717, 1.165) is 10.6 Å². The van der Waals surface area contributed by atoms with Crippen molar-refractivity contribution in [3.63, 3.8) is 0 Å². The van der Waals surface area contributed by atoms with Gasteiger partial charge in [-0.05, 0) is 65.3 Å². The normalized spacial score (nSPS) is 14.3. The van der Waals surface area contributed by atoms with Gasteiger partial charge in [0, 0.05) is 56.7 Å². The number of carboxylic acids is 1. The van der Waals surface area contributed by atoms with Crippen molar-refractivity contribution in [2.24, 2.45) is 7.05 Å². The summed E-state index contributed by atoms with van der Waals surface area (Å²) in [4.78, 5) is 54.7. The third kappa shape index (κ3) is 7.36. The number of benzene rings is 4. The molecule has 0 unspecified atom stereocenters. The molecule has 276 valence electrons. The van der Waals surface area contributed by atoms with Crippen LogP contribution in [0.1, 0.15) is 38.3 Å². The summed E-state index contributed by atoms with van der Waals surface area (Å²) in [7, 11) is 1.52. The van der Waals surface area contributed by atoms with Crippen molar-refractivity contribution >= 4 is 22.6 Å². The van der Waals surface area contributed by atoms with Gasteiger partial charge in [-0.2, -0.15) is 13.2 Å². The van der Waals surface area contributed by atoms with E-state index in [9.17, 15) is 41.8 Å². The molecule has 0 saturated carbocycles. The predicted molar refractivity (Wildman–Crippen MR) is 189 cm³/mol. The van der Waals surface area contributed by atoms with Crippen LogP contribution in [0.2, 0.25) is 0 Å². The summed E-state index contributed by atoms with van der Waals surface area (Å²) < 4.78 is 73.1. The fraction of sp³-hybridized carbons (Fsp3) is 0.282. The molecule has 1 fully saturated rings. The molecule has 1 aliphatic rings. The summed E-state index contributed by atoms with van der Waals surface area (Å²) in [5.41, 5.74) is -1.34. The molecule has 0 aliphatic carbocycles. The minimum atomic E-state index is -5.16. The van der Waals surface area contributed by atoms with Crippen molar-refractivity contribution in [1.29, 1.82) is 0 Å². The number of fused-ring (bicyclic) bond motifs is 1. The number of nitrogens with one attached hydrogen (secondary N) is 1. The largest absolute Gasteiger partial charge is 0.480 e. The SMILES string of the molecule is Cc1cccc(C)c1-c1cc(C(=O)N[C@@H](Cc2cccc3c(-n4c(=O)cc(CCN5CC(F)C5)n(C)c4=O)cccc23)C(=O)O)c(F)c(C(F)(F)F)c1. The molecule has 5 aromatic rings. The van der Waals surface area contributed by atoms with Gasteiger partial charge in [-0.25, -0.2) is 22.9 Å². The number of hydrogen-bond acceptors (Lipinski definition) is 5. The van der Waals surface area contributed by atoms with Crippen LogP contribution in [0.25, 0.3) is 27.6 Å². The van der Waals surface area contributed by atoms with Crippen LogP contribution in [0.5, 0.6) is 0 Å². The Morgan fingerprint density at radius 1 is 0.943 bits per heavy atom. The molecule has 9 nitrogen and oxygen atoms in total. The first-order valence-electron chi connectivity index (χ1n) is 16.8. The number of amides is 1. The van der Waals surface area contributed by atoms with E-state index in [1.54, 1.807) is 68.4 Å². The number of alkyl halides is 4. The van der Waals surface area contributed by atoms with Crippen molar-refractivity contribution in [3.8, 4) is 16.8 Å². The average molecular weight is 735 g/mol. The van der Waals surface area contributed by atoms with Crippen LogP contribution in [0.4, 0.5) is 22.0 Å². The molecule has 0 radical (unpaired) electrons. The minimum absolute atomic E-state index is 0.0616. The van der Waals surface area contributed by atoms with E-state index >= 15 is 4.39 Å². The number of aryl methyl sites for hydroxylation is 2. The molecule has 1 saturated heterocycles. The Morgan fingerprint density at radius 3 is 2.23 bits per heavy atom. The fourth-order valence-electron chi connectivity index (χ4n) is 6.89. The predicted octanol–water partition coefficient (Wildman–Crippen LogP) is 5.75. The molecular formula is C39H35F5N4O5. The lowest BCUT2D eigenvalue weighted by Gasteiger charge is -2.34. The summed E-state index contributed by atoms with van der Waals surface area (Å²) in [6, 6.07) is 15.8. The highest BCUT2D eigenvalue weighted by Crippen LogP contribution is 2.38. The van der Waals surface area contributed by atoms with Gasteiger partial charge in [-0.15, -0.1) is 0 Å². The Bertz CT molecular complexity index is 2360. The number of rotatable bonds is 10. The van der Waals surface area contributed by atoms with Gasteiger partial charge >= 0.3 is 17.8 Å². The lowest BCUT2D eigenvalue weighted by molar-refractivity contribution is -0.140. The van der Waals surface area contributed by atoms with Crippen LogP contribution in [0.15, 0.2) is 82.4 Å². The zero-order chi connectivity index (χ0) is 38.4. The summed E-state index contributed by atoms with van der Waals surface area (Å²) >= 11 is 0. The molecule has 0 spiro atoms. The zero-order valence-electron chi connectivity index (χ0n) is 28.9. The van der Waals surface area contributed by atoms with Crippen molar-refractivity contribution in [1.82, 2.24) is 19.4 Å². The maximum Gasteiger partial charge on any atom is 0.419 e. The fourth-order valence-corrected chi connectivity index (χ4v) is 6.89. The van der Waals surface area contributed by atoms with E-state index in [2.05, 4.69) is 5.32 Å². The number of nitrogens with zero attached hydrogens (tertiary/aromatic N) is 3. The monoisotopic (exact) mass is 734 g/mol. The number of carboxylic acid groups (broad SMARTS) is 1. The van der Waals surface area contributed by atoms with Crippen LogP contribution in [0.3, 0.4) is 0 Å². The van der Waals surface area contributed by atoms with Crippen molar-refractivity contribution < 1.29 is 36.6 Å². The highest BCUT2D eigenvalue weighted by atomic mass is 19.4. The summed E-state index contributed by atoms with van der Waals surface area (Å²) in [6.45, 7) is 4.40. The molecule has 2 N–H and O–H groups in total. The highest BCUT2D eigenvalue weighted by molar-refractivity contribution is 5.99. The number of carbonyl (C=O) groups is 2. The Balaban J connectivity index is 1.33. The first-order valence-corrected chi connectivity index (χ1v) is 16.8. The molecule has 4 aromatic carbocycles. The molecule has 6 rings (SSSR count). The third-order valence-corrected chi connectivity index (χ3v) is 9.67. The lowest BCUT2D eigenvalue weighted by atomic mass is 9.92. The average Bonchev–Trinajstić information content (AvgIpc) is 3.08. The van der Waals surface area contributed by atoms with Gasteiger partial charge in [0.15, 0.2) is 0 Å². The van der Waals surface area contributed by atoms with Gasteiger partial charge in [0.25, 0.3) is 11.5 Å². The number of hydrogen-bond donors (Lipinski definition) is 2. The Kier molecular flexibility index (Phi) is 10.1. The molecule has 1 atom stereocenters. The van der Waals surface area contributed by atoms with Crippen LogP contribution >= 0.6 is 0 Å². The molecule has 1 aliphatic heterocycles. The second kappa shape index (κ2) is 14.4. The van der Waals surface area contributed by atoms with Gasteiger partial charge in [0.05, 0.1) is 16.8 Å². The van der Waals surface area contributed by atoms with Gasteiger partial charge in [-0.1, -0.05) is 48.5 Å². The lowest BCUT2D eigenvalue weighted by Crippen LogP contribution is -2.49. The number of carbonyl (C=O) groups excluding carboxylic acids is 1. The molecular weight excluding hydrogens is 699 g/mol. The smallest absolute Gasteiger partial charge is 0.419 e. The molecule has 2 heterocycles. The molecule has 1 aromatic heterocycles. The number of halogens is 5. The van der Waals surface area contributed by atoms with Crippen LogP contribution in [-0.4, -0.2) is 62.9 Å². The van der Waals surface area contributed by atoms with Crippen molar-refractivity contribution in [3.05, 3.63) is 133 Å². The van der Waals surface area contributed by atoms with Gasteiger partial charge < -0.3 is 15.0 Å². The van der Waals surface area contributed by atoms with Gasteiger partial charge in [-0.3, -0.25) is 14.5 Å². The Hall–Kier alpha value is -5.63. The summed E-state index contributed by atoms with van der Waals surface area (Å²) in [6.07, 6.45) is -6.07. The van der Waals surface area contributed by atoms with E-state index in [1.807, 2.05) is 4.90 Å². The van der Waals surface area contributed by atoms with Crippen LogP contribution in [0, 0.1) is 19.7 Å². The third-order valence-electron chi connectivity index (χ3n) is 9.67. The second-order valence-corrected chi connectivity index (χ2v) is 13.3. The molecule has 53 heavy (non-hydrogen) atoms. The maximum atomic E-state index is 15.4. The molecule has 0 bridgehead atoms. The molecule has 14 heteroatoms. The van der Waals surface area contributed by atoms with Gasteiger partial charge in [0.1, 0.15) is 18.0 Å². The molecule has 1 amide bonds. The maximum absolute atomic E-state index is 15.4. The number of aliphatic carboxylic acids is 1. The highest BCUT2D eigenvalue weighted by Gasteiger charge is 2.37. The number of likely N-dealkylation sites (tertiary alicyclic amines) is 1. The quantitative estimate of drug-likeness (QED) is 0.177. The van der Waals surface area contributed by atoms with E-state index < -0.39 is 58.5 Å². The standard InChI is InChI=1S/C39H35F5N4O5/c1-21-7-4-8-22(2)34(21)24-15-29(35(41)30(16-24)39(42,43)44)36(50)45-31(37(51)52)17-23-9-5-11-28-27(23)10-6-12-32(28)48-33(49)18-26(46(3)38(48)53)13-14-47-19-25(40)20-47/h4-12,15-16,18,25,31H,13-14,17,19-20H2,1-3H3,(H,45,50)(H,51,52)/t31-/m0/s1. The minimum Gasteiger partial charge on any atom is -0.480 e. The summed E-state index contributed by atoms with van der Waals surface area (Å²) in [5, 5.41) is 13.2. The second-order valence-electron chi connectivity index (χ2n) is 13.3. The zero-order valence-corrected chi connectivity index (χ0v) is 28.9. The van der Waals surface area contributed by atoms with E-state index in [4.69, 9.17) is 0 Å². The van der Waals surface area contributed by atoms with E-state index in [0.29, 0.717) is 70.8 Å². The van der Waals surface area contributed by atoms with Gasteiger partial charge in [0.2, 0.25) is 0 Å². The van der Waals surface area contributed by atoms with Crippen LogP contribution in [-0.2, 0) is 30.9 Å². The van der Waals surface area contributed by atoms with E-state index in [-0.39, 0.29) is 17.7 Å². The Labute approximate surface area is 299 Å². The summed E-state index contributed by atoms with van der Waals surface area (Å²) in [5.74, 6) is -4.73. The first-order chi connectivity index (χ1) is 25.0. The number of aromatic nitrogens is 2.